The quantitative estimate of drug-likeness (QED) is 0.561. The van der Waals surface area contributed by atoms with Gasteiger partial charge in [0.1, 0.15) is 0 Å². The van der Waals surface area contributed by atoms with E-state index in [0.717, 1.165) is 10.0 Å². The average molecular weight is 440 g/mol. The minimum atomic E-state index is -0.692. The second kappa shape index (κ2) is 7.13. The molecule has 0 fully saturated rings. The molecule has 4 nitrogen and oxygen atoms in total. The number of rotatable bonds is 4. The monoisotopic (exact) mass is 439 g/mol. The van der Waals surface area contributed by atoms with Gasteiger partial charge in [0, 0.05) is 10.2 Å². The molecule has 1 amide bonds. The van der Waals surface area contributed by atoms with Crippen molar-refractivity contribution >= 4 is 44.6 Å². The molecule has 1 unspecified atom stereocenters. The van der Waals surface area contributed by atoms with Gasteiger partial charge >= 0.3 is 0 Å². The smallest absolute Gasteiger partial charge is 0.294 e. The van der Waals surface area contributed by atoms with E-state index in [1.54, 1.807) is 29.6 Å². The molecular weight excluding hydrogens is 426 g/mol. The Labute approximate surface area is 168 Å². The fourth-order valence-electron chi connectivity index (χ4n) is 3.22. The fourth-order valence-corrected chi connectivity index (χ4v) is 4.29. The number of aliphatic hydroxyl groups is 1. The molecule has 6 heteroatoms. The number of carbonyl (C=O) groups excluding carboxylic acids is 2. The Morgan fingerprint density at radius 1 is 1.04 bits per heavy atom. The first-order chi connectivity index (χ1) is 13.1. The first-order valence-corrected chi connectivity index (χ1v) is 9.90. The van der Waals surface area contributed by atoms with Crippen molar-refractivity contribution in [3.8, 4) is 0 Å². The van der Waals surface area contributed by atoms with Gasteiger partial charge in [-0.05, 0) is 35.2 Å². The van der Waals surface area contributed by atoms with E-state index >= 15 is 0 Å². The molecule has 0 saturated carbocycles. The number of hydrogen-bond acceptors (Lipinski definition) is 4. The van der Waals surface area contributed by atoms with E-state index in [1.807, 2.05) is 42.5 Å². The summed E-state index contributed by atoms with van der Waals surface area (Å²) in [6.45, 7) is 0. The van der Waals surface area contributed by atoms with Crippen molar-refractivity contribution < 1.29 is 14.7 Å². The third-order valence-electron chi connectivity index (χ3n) is 4.40. The van der Waals surface area contributed by atoms with Gasteiger partial charge in [-0.15, -0.1) is 11.3 Å². The summed E-state index contributed by atoms with van der Waals surface area (Å²) in [4.78, 5) is 28.0. The lowest BCUT2D eigenvalue weighted by molar-refractivity contribution is -0.117. The maximum Gasteiger partial charge on any atom is 0.294 e. The molecule has 1 aromatic heterocycles. The molecule has 0 aliphatic carbocycles. The summed E-state index contributed by atoms with van der Waals surface area (Å²) in [5.41, 5.74) is 1.46. The van der Waals surface area contributed by atoms with Crippen molar-refractivity contribution in [2.75, 3.05) is 4.90 Å². The van der Waals surface area contributed by atoms with E-state index in [-0.39, 0.29) is 11.4 Å². The zero-order valence-electron chi connectivity index (χ0n) is 14.0. The van der Waals surface area contributed by atoms with Crippen LogP contribution in [0, 0.1) is 0 Å². The van der Waals surface area contributed by atoms with Crippen LogP contribution in [0.3, 0.4) is 0 Å². The maximum absolute atomic E-state index is 13.1. The highest BCUT2D eigenvalue weighted by Crippen LogP contribution is 2.42. The van der Waals surface area contributed by atoms with Gasteiger partial charge in [0.2, 0.25) is 5.78 Å². The van der Waals surface area contributed by atoms with Crippen molar-refractivity contribution in [1.29, 1.82) is 0 Å². The Balaban J connectivity index is 1.89. The van der Waals surface area contributed by atoms with Crippen LogP contribution in [0.5, 0.6) is 0 Å². The largest absolute Gasteiger partial charge is 0.503 e. The standard InChI is InChI=1S/C21H14BrNO3S/c22-14-8-4-9-15(12-14)23-18(13-6-2-1-3-7-13)17(20(25)21(23)26)19(24)16-10-5-11-27-16/h1-12,18,25H. The molecule has 0 spiro atoms. The SMILES string of the molecule is O=C(C1=C(O)C(=O)N(c2cccc(Br)c2)C1c1ccccc1)c1cccs1. The molecule has 4 rings (SSSR count). The van der Waals surface area contributed by atoms with Crippen LogP contribution in [0.2, 0.25) is 0 Å². The van der Waals surface area contributed by atoms with Crippen LogP contribution in [-0.4, -0.2) is 16.8 Å². The van der Waals surface area contributed by atoms with E-state index in [1.165, 1.54) is 16.2 Å². The molecule has 0 saturated heterocycles. The van der Waals surface area contributed by atoms with Crippen molar-refractivity contribution in [1.82, 2.24) is 0 Å². The average Bonchev–Trinajstić information content (AvgIpc) is 3.30. The molecule has 3 aromatic rings. The van der Waals surface area contributed by atoms with E-state index in [9.17, 15) is 14.7 Å². The number of amides is 1. The summed E-state index contributed by atoms with van der Waals surface area (Å²) in [5, 5.41) is 12.4. The van der Waals surface area contributed by atoms with Gasteiger partial charge in [-0.3, -0.25) is 14.5 Å². The summed E-state index contributed by atoms with van der Waals surface area (Å²) >= 11 is 4.70. The lowest BCUT2D eigenvalue weighted by Gasteiger charge is -2.27. The van der Waals surface area contributed by atoms with Crippen LogP contribution in [0.15, 0.2) is 87.9 Å². The van der Waals surface area contributed by atoms with Crippen LogP contribution in [0.4, 0.5) is 5.69 Å². The number of carbonyl (C=O) groups is 2. The highest BCUT2D eigenvalue weighted by atomic mass is 79.9. The summed E-state index contributed by atoms with van der Waals surface area (Å²) in [6.07, 6.45) is 0. The molecule has 1 aliphatic rings. The zero-order valence-corrected chi connectivity index (χ0v) is 16.4. The van der Waals surface area contributed by atoms with Gasteiger partial charge in [-0.25, -0.2) is 0 Å². The second-order valence-electron chi connectivity index (χ2n) is 6.04. The lowest BCUT2D eigenvalue weighted by atomic mass is 9.95. The molecule has 1 atom stereocenters. The molecular formula is C21H14BrNO3S. The van der Waals surface area contributed by atoms with Crippen molar-refractivity contribution in [2.24, 2.45) is 0 Å². The van der Waals surface area contributed by atoms with Crippen LogP contribution in [0.1, 0.15) is 21.3 Å². The van der Waals surface area contributed by atoms with Gasteiger partial charge in [0.15, 0.2) is 5.76 Å². The Kier molecular flexibility index (Phi) is 4.68. The van der Waals surface area contributed by atoms with Crippen molar-refractivity contribution in [3.63, 3.8) is 0 Å². The number of Topliss-reactive ketones (excluding diaryl/α,β-unsaturated/α-hetero) is 1. The molecule has 2 heterocycles. The number of anilines is 1. The minimum absolute atomic E-state index is 0.105. The number of halogens is 1. The zero-order chi connectivity index (χ0) is 19.0. The Morgan fingerprint density at radius 2 is 1.81 bits per heavy atom. The molecule has 134 valence electrons. The Morgan fingerprint density at radius 3 is 2.48 bits per heavy atom. The third-order valence-corrected chi connectivity index (χ3v) is 5.76. The lowest BCUT2D eigenvalue weighted by Crippen LogP contribution is -2.31. The van der Waals surface area contributed by atoms with Gasteiger partial charge in [0.25, 0.3) is 5.91 Å². The minimum Gasteiger partial charge on any atom is -0.503 e. The van der Waals surface area contributed by atoms with Gasteiger partial charge in [-0.2, -0.15) is 0 Å². The molecule has 1 N–H and O–H groups in total. The van der Waals surface area contributed by atoms with Crippen LogP contribution in [0.25, 0.3) is 0 Å². The molecule has 0 bridgehead atoms. The van der Waals surface area contributed by atoms with Crippen LogP contribution < -0.4 is 4.90 Å². The van der Waals surface area contributed by atoms with Crippen LogP contribution >= 0.6 is 27.3 Å². The first-order valence-electron chi connectivity index (χ1n) is 8.23. The number of benzene rings is 2. The second-order valence-corrected chi connectivity index (χ2v) is 7.90. The first kappa shape index (κ1) is 17.7. The van der Waals surface area contributed by atoms with Crippen LogP contribution in [-0.2, 0) is 4.79 Å². The van der Waals surface area contributed by atoms with E-state index in [0.29, 0.717) is 10.6 Å². The van der Waals surface area contributed by atoms with Gasteiger partial charge in [-0.1, -0.05) is 58.4 Å². The van der Waals surface area contributed by atoms with Gasteiger partial charge < -0.3 is 5.11 Å². The summed E-state index contributed by atoms with van der Waals surface area (Å²) in [7, 11) is 0. The fraction of sp³-hybridized carbons (Fsp3) is 0.0476. The van der Waals surface area contributed by atoms with E-state index in [2.05, 4.69) is 15.9 Å². The molecule has 1 aliphatic heterocycles. The predicted octanol–water partition coefficient (Wildman–Crippen LogP) is 5.29. The van der Waals surface area contributed by atoms with E-state index < -0.39 is 17.7 Å². The van der Waals surface area contributed by atoms with Gasteiger partial charge in [0.05, 0.1) is 16.5 Å². The topological polar surface area (TPSA) is 57.6 Å². The number of hydrogen-bond donors (Lipinski definition) is 1. The maximum atomic E-state index is 13.1. The Hall–Kier alpha value is -2.70. The molecule has 27 heavy (non-hydrogen) atoms. The van der Waals surface area contributed by atoms with Crippen molar-refractivity contribution in [3.05, 3.63) is 98.4 Å². The van der Waals surface area contributed by atoms with E-state index in [4.69, 9.17) is 0 Å². The summed E-state index contributed by atoms with van der Waals surface area (Å²) < 4.78 is 0.803. The Bertz CT molecular complexity index is 1040. The number of thiophene rings is 1. The summed E-state index contributed by atoms with van der Waals surface area (Å²) in [5.74, 6) is -1.41. The molecule has 2 aromatic carbocycles. The highest BCUT2D eigenvalue weighted by molar-refractivity contribution is 9.10. The third kappa shape index (κ3) is 3.11. The molecule has 0 radical (unpaired) electrons. The summed E-state index contributed by atoms with van der Waals surface area (Å²) in [6, 6.07) is 19.3. The predicted molar refractivity (Wildman–Crippen MR) is 109 cm³/mol. The normalized spacial score (nSPS) is 16.9. The number of aliphatic hydroxyl groups excluding tert-OH is 1. The van der Waals surface area contributed by atoms with Crippen molar-refractivity contribution in [2.45, 2.75) is 6.04 Å². The number of ketones is 1. The highest BCUT2D eigenvalue weighted by Gasteiger charge is 2.44. The number of nitrogens with zero attached hydrogens (tertiary/aromatic N) is 1.